The summed E-state index contributed by atoms with van der Waals surface area (Å²) in [5, 5.41) is 3.48. The molecule has 0 aromatic carbocycles. The van der Waals surface area contributed by atoms with Gasteiger partial charge in [-0.15, -0.1) is 0 Å². The molecule has 5 heteroatoms. The van der Waals surface area contributed by atoms with Crippen molar-refractivity contribution in [3.8, 4) is 0 Å². The minimum atomic E-state index is 0.260. The molecule has 102 valence electrons. The summed E-state index contributed by atoms with van der Waals surface area (Å²) in [6.45, 7) is 5.01. The maximum atomic E-state index is 5.83. The highest BCUT2D eigenvalue weighted by Gasteiger charge is 2.11. The van der Waals surface area contributed by atoms with Crippen LogP contribution in [0.5, 0.6) is 0 Å². The zero-order valence-corrected chi connectivity index (χ0v) is 12.8. The Morgan fingerprint density at radius 2 is 2.16 bits per heavy atom. The topological polar surface area (TPSA) is 63.8 Å². The van der Waals surface area contributed by atoms with E-state index in [0.717, 1.165) is 27.6 Å². The standard InChI is InChI=1S/C14H19BrN4/c1-9(2)5-11(7-16)19-12-3-4-17-13-6-10(15)8-18-14(12)13/h3-4,6,8-9,11H,5,7,16H2,1-2H3,(H,17,19). The van der Waals surface area contributed by atoms with Crippen LogP contribution < -0.4 is 11.1 Å². The van der Waals surface area contributed by atoms with Crippen LogP contribution in [0.4, 0.5) is 5.69 Å². The van der Waals surface area contributed by atoms with Crippen LogP contribution in [0.25, 0.3) is 11.0 Å². The molecule has 0 radical (unpaired) electrons. The summed E-state index contributed by atoms with van der Waals surface area (Å²) >= 11 is 3.41. The van der Waals surface area contributed by atoms with Crippen LogP contribution in [0.3, 0.4) is 0 Å². The smallest absolute Gasteiger partial charge is 0.112 e. The molecule has 2 aromatic rings. The molecule has 0 bridgehead atoms. The fourth-order valence-electron chi connectivity index (χ4n) is 2.13. The number of hydrogen-bond donors (Lipinski definition) is 2. The van der Waals surface area contributed by atoms with Crippen molar-refractivity contribution in [3.05, 3.63) is 29.0 Å². The van der Waals surface area contributed by atoms with E-state index in [-0.39, 0.29) is 6.04 Å². The lowest BCUT2D eigenvalue weighted by Crippen LogP contribution is -2.30. The molecule has 0 spiro atoms. The summed E-state index contributed by atoms with van der Waals surface area (Å²) < 4.78 is 0.933. The van der Waals surface area contributed by atoms with Crippen LogP contribution in [-0.4, -0.2) is 22.6 Å². The number of anilines is 1. The molecule has 19 heavy (non-hydrogen) atoms. The number of aromatic nitrogens is 2. The van der Waals surface area contributed by atoms with Crippen molar-refractivity contribution in [3.63, 3.8) is 0 Å². The molecular formula is C14H19BrN4. The van der Waals surface area contributed by atoms with Crippen molar-refractivity contribution in [1.82, 2.24) is 9.97 Å². The third kappa shape index (κ3) is 3.64. The Bertz CT molecular complexity index is 556. The summed E-state index contributed by atoms with van der Waals surface area (Å²) in [6, 6.07) is 4.18. The normalized spacial score (nSPS) is 12.9. The van der Waals surface area contributed by atoms with E-state index in [2.05, 4.69) is 45.1 Å². The van der Waals surface area contributed by atoms with Gasteiger partial charge in [0, 0.05) is 29.5 Å². The van der Waals surface area contributed by atoms with Crippen molar-refractivity contribution in [1.29, 1.82) is 0 Å². The number of fused-ring (bicyclic) bond motifs is 1. The lowest BCUT2D eigenvalue weighted by Gasteiger charge is -2.20. The van der Waals surface area contributed by atoms with Gasteiger partial charge in [-0.2, -0.15) is 0 Å². The van der Waals surface area contributed by atoms with Crippen molar-refractivity contribution in [2.24, 2.45) is 11.7 Å². The Balaban J connectivity index is 2.29. The third-order valence-electron chi connectivity index (χ3n) is 2.94. The van der Waals surface area contributed by atoms with Crippen LogP contribution in [0.1, 0.15) is 20.3 Å². The van der Waals surface area contributed by atoms with Gasteiger partial charge in [0.05, 0.1) is 11.2 Å². The monoisotopic (exact) mass is 322 g/mol. The predicted molar refractivity (Wildman–Crippen MR) is 83.2 cm³/mol. The molecule has 0 aliphatic carbocycles. The van der Waals surface area contributed by atoms with Crippen LogP contribution in [-0.2, 0) is 0 Å². The first-order valence-electron chi connectivity index (χ1n) is 6.47. The average molecular weight is 323 g/mol. The number of rotatable bonds is 5. The maximum absolute atomic E-state index is 5.83. The third-order valence-corrected chi connectivity index (χ3v) is 3.38. The second kappa shape index (κ2) is 6.30. The van der Waals surface area contributed by atoms with Crippen molar-refractivity contribution >= 4 is 32.7 Å². The van der Waals surface area contributed by atoms with Gasteiger partial charge in [0.2, 0.25) is 0 Å². The second-order valence-electron chi connectivity index (χ2n) is 5.09. The van der Waals surface area contributed by atoms with Gasteiger partial charge in [0.15, 0.2) is 0 Å². The van der Waals surface area contributed by atoms with E-state index in [9.17, 15) is 0 Å². The van der Waals surface area contributed by atoms with Gasteiger partial charge in [0.25, 0.3) is 0 Å². The van der Waals surface area contributed by atoms with Gasteiger partial charge in [-0.25, -0.2) is 0 Å². The van der Waals surface area contributed by atoms with E-state index in [4.69, 9.17) is 5.73 Å². The maximum Gasteiger partial charge on any atom is 0.112 e. The van der Waals surface area contributed by atoms with E-state index >= 15 is 0 Å². The molecule has 1 atom stereocenters. The van der Waals surface area contributed by atoms with E-state index in [1.54, 1.807) is 12.4 Å². The Morgan fingerprint density at radius 1 is 1.37 bits per heavy atom. The first-order valence-corrected chi connectivity index (χ1v) is 7.26. The molecule has 0 saturated carbocycles. The molecule has 2 aromatic heterocycles. The van der Waals surface area contributed by atoms with Gasteiger partial charge in [-0.3, -0.25) is 9.97 Å². The highest BCUT2D eigenvalue weighted by atomic mass is 79.9. The molecule has 4 nitrogen and oxygen atoms in total. The Kier molecular flexibility index (Phi) is 4.71. The van der Waals surface area contributed by atoms with Gasteiger partial charge in [-0.1, -0.05) is 13.8 Å². The molecule has 1 unspecified atom stereocenters. The van der Waals surface area contributed by atoms with Crippen LogP contribution in [0.2, 0.25) is 0 Å². The lowest BCUT2D eigenvalue weighted by molar-refractivity contribution is 0.522. The molecule has 0 aliphatic heterocycles. The number of pyridine rings is 2. The summed E-state index contributed by atoms with van der Waals surface area (Å²) in [5.41, 5.74) is 8.58. The van der Waals surface area contributed by atoms with E-state index in [1.165, 1.54) is 0 Å². The van der Waals surface area contributed by atoms with Crippen molar-refractivity contribution in [2.45, 2.75) is 26.3 Å². The number of nitrogens with one attached hydrogen (secondary N) is 1. The lowest BCUT2D eigenvalue weighted by atomic mass is 10.0. The highest BCUT2D eigenvalue weighted by Crippen LogP contribution is 2.23. The number of hydrogen-bond acceptors (Lipinski definition) is 4. The number of halogens is 1. The SMILES string of the molecule is CC(C)CC(CN)Nc1ccnc2cc(Br)cnc12. The fourth-order valence-corrected chi connectivity index (χ4v) is 2.44. The molecular weight excluding hydrogens is 304 g/mol. The molecule has 0 amide bonds. The molecule has 3 N–H and O–H groups in total. The molecule has 0 saturated heterocycles. The van der Waals surface area contributed by atoms with Crippen LogP contribution in [0.15, 0.2) is 29.0 Å². The van der Waals surface area contributed by atoms with E-state index in [0.29, 0.717) is 12.5 Å². The van der Waals surface area contributed by atoms with Crippen LogP contribution >= 0.6 is 15.9 Å². The van der Waals surface area contributed by atoms with Gasteiger partial charge >= 0.3 is 0 Å². The van der Waals surface area contributed by atoms with Crippen molar-refractivity contribution < 1.29 is 0 Å². The number of nitrogens with two attached hydrogens (primary N) is 1. The Hall–Kier alpha value is -1.20. The van der Waals surface area contributed by atoms with Crippen LogP contribution in [0, 0.1) is 5.92 Å². The zero-order chi connectivity index (χ0) is 13.8. The highest BCUT2D eigenvalue weighted by molar-refractivity contribution is 9.10. The summed E-state index contributed by atoms with van der Waals surface area (Å²) in [7, 11) is 0. The second-order valence-corrected chi connectivity index (χ2v) is 6.00. The summed E-state index contributed by atoms with van der Waals surface area (Å²) in [4.78, 5) is 8.77. The largest absolute Gasteiger partial charge is 0.379 e. The zero-order valence-electron chi connectivity index (χ0n) is 11.2. The molecule has 0 fully saturated rings. The predicted octanol–water partition coefficient (Wildman–Crippen LogP) is 3.18. The Labute approximate surface area is 121 Å². The average Bonchev–Trinajstić information content (AvgIpc) is 2.37. The molecule has 2 rings (SSSR count). The fraction of sp³-hybridized carbons (Fsp3) is 0.429. The summed E-state index contributed by atoms with van der Waals surface area (Å²) in [6.07, 6.45) is 4.62. The van der Waals surface area contributed by atoms with Crippen molar-refractivity contribution in [2.75, 3.05) is 11.9 Å². The summed E-state index contributed by atoms with van der Waals surface area (Å²) in [5.74, 6) is 0.608. The number of nitrogens with zero attached hydrogens (tertiary/aromatic N) is 2. The van der Waals surface area contributed by atoms with E-state index in [1.807, 2.05) is 12.1 Å². The van der Waals surface area contributed by atoms with E-state index < -0.39 is 0 Å². The molecule has 0 aliphatic rings. The minimum absolute atomic E-state index is 0.260. The Morgan fingerprint density at radius 3 is 2.84 bits per heavy atom. The van der Waals surface area contributed by atoms with Gasteiger partial charge in [0.1, 0.15) is 5.52 Å². The first-order chi connectivity index (χ1) is 9.10. The minimum Gasteiger partial charge on any atom is -0.379 e. The quantitative estimate of drug-likeness (QED) is 0.887. The van der Waals surface area contributed by atoms with Gasteiger partial charge in [-0.05, 0) is 40.4 Å². The molecule has 2 heterocycles. The van der Waals surface area contributed by atoms with Gasteiger partial charge < -0.3 is 11.1 Å². The first kappa shape index (κ1) is 14.2.